The van der Waals surface area contributed by atoms with E-state index in [1.165, 1.54) is 32.1 Å². The van der Waals surface area contributed by atoms with Gasteiger partial charge in [-0.25, -0.2) is 0 Å². The van der Waals surface area contributed by atoms with E-state index in [4.69, 9.17) is 14.6 Å². The lowest BCUT2D eigenvalue weighted by Crippen LogP contribution is -2.41. The van der Waals surface area contributed by atoms with Gasteiger partial charge in [-0.1, -0.05) is 0 Å². The molecule has 0 aliphatic carbocycles. The molecule has 1 aromatic carbocycles. The number of likely N-dealkylation sites (tertiary alicyclic amines) is 1. The van der Waals surface area contributed by atoms with Crippen LogP contribution in [0.25, 0.3) is 0 Å². The summed E-state index contributed by atoms with van der Waals surface area (Å²) in [7, 11) is 2.86. The van der Waals surface area contributed by atoms with Gasteiger partial charge in [0.1, 0.15) is 11.5 Å². The molecule has 1 saturated heterocycles. The number of nitrogens with one attached hydrogen (secondary N) is 1. The third kappa shape index (κ3) is 5.20. The van der Waals surface area contributed by atoms with Gasteiger partial charge in [-0.05, 0) is 19.1 Å². The zero-order valence-corrected chi connectivity index (χ0v) is 16.3. The van der Waals surface area contributed by atoms with E-state index in [0.717, 1.165) is 0 Å². The van der Waals surface area contributed by atoms with Crippen LogP contribution in [0, 0.1) is 11.8 Å². The standard InChI is InChI=1S/C17H21F3N2O5.ClH/c1-9(22-7-11(16(24)25)12(8-22)17(18,19)20)15(23)21-13-6-10(26-2)4-5-14(13)27-3;/h4-6,9,11-12H,7-8H2,1-3H3,(H,21,23)(H,24,25);1H/t9?,11-,12-;/m1./s1. The van der Waals surface area contributed by atoms with E-state index in [1.54, 1.807) is 12.1 Å². The van der Waals surface area contributed by atoms with E-state index in [0.29, 0.717) is 17.2 Å². The Kier molecular flexibility index (Phi) is 7.94. The number of carboxylic acid groups (broad SMARTS) is 1. The van der Waals surface area contributed by atoms with Gasteiger partial charge in [-0.2, -0.15) is 13.2 Å². The summed E-state index contributed by atoms with van der Waals surface area (Å²) in [5.41, 5.74) is 0.301. The van der Waals surface area contributed by atoms with Crippen LogP contribution in [-0.2, 0) is 9.59 Å². The van der Waals surface area contributed by atoms with E-state index in [9.17, 15) is 22.8 Å². The number of carbonyl (C=O) groups excluding carboxylic acids is 1. The number of rotatable bonds is 6. The summed E-state index contributed by atoms with van der Waals surface area (Å²) in [4.78, 5) is 24.9. The Morgan fingerprint density at radius 1 is 1.25 bits per heavy atom. The summed E-state index contributed by atoms with van der Waals surface area (Å²) >= 11 is 0. The highest BCUT2D eigenvalue weighted by atomic mass is 35.5. The average molecular weight is 427 g/mol. The summed E-state index contributed by atoms with van der Waals surface area (Å²) in [5, 5.41) is 11.7. The lowest BCUT2D eigenvalue weighted by molar-refractivity contribution is -0.188. The Hall–Kier alpha value is -2.20. The third-order valence-electron chi connectivity index (χ3n) is 4.68. The fourth-order valence-corrected chi connectivity index (χ4v) is 3.05. The first-order valence-electron chi connectivity index (χ1n) is 8.15. The fourth-order valence-electron chi connectivity index (χ4n) is 3.05. The van der Waals surface area contributed by atoms with Gasteiger partial charge in [-0.15, -0.1) is 12.4 Å². The van der Waals surface area contributed by atoms with Crippen molar-refractivity contribution in [3.8, 4) is 11.5 Å². The van der Waals surface area contributed by atoms with E-state index < -0.39 is 42.5 Å². The molecule has 1 heterocycles. The van der Waals surface area contributed by atoms with Crippen molar-refractivity contribution in [1.29, 1.82) is 0 Å². The van der Waals surface area contributed by atoms with Gasteiger partial charge in [-0.3, -0.25) is 14.5 Å². The molecule has 2 N–H and O–H groups in total. The first-order chi connectivity index (χ1) is 12.6. The second-order valence-electron chi connectivity index (χ2n) is 6.28. The molecule has 1 aromatic rings. The maximum Gasteiger partial charge on any atom is 0.393 e. The molecule has 3 atom stereocenters. The molecule has 1 aliphatic heterocycles. The molecule has 2 rings (SSSR count). The van der Waals surface area contributed by atoms with Crippen LogP contribution in [0.5, 0.6) is 11.5 Å². The van der Waals surface area contributed by atoms with Gasteiger partial charge >= 0.3 is 12.1 Å². The number of carboxylic acids is 1. The lowest BCUT2D eigenvalue weighted by atomic mass is 9.96. The molecule has 11 heteroatoms. The van der Waals surface area contributed by atoms with Crippen LogP contribution in [0.15, 0.2) is 18.2 Å². The molecule has 0 saturated carbocycles. The highest BCUT2D eigenvalue weighted by Gasteiger charge is 2.53. The summed E-state index contributed by atoms with van der Waals surface area (Å²) in [6.45, 7) is 0.521. The second-order valence-corrected chi connectivity index (χ2v) is 6.28. The van der Waals surface area contributed by atoms with Crippen LogP contribution >= 0.6 is 12.4 Å². The van der Waals surface area contributed by atoms with Crippen LogP contribution in [-0.4, -0.2) is 61.4 Å². The number of alkyl halides is 3. The topological polar surface area (TPSA) is 88.1 Å². The minimum Gasteiger partial charge on any atom is -0.497 e. The maximum absolute atomic E-state index is 13.1. The number of hydrogen-bond donors (Lipinski definition) is 2. The molecule has 1 amide bonds. The molecule has 0 spiro atoms. The predicted molar refractivity (Wildman–Crippen MR) is 97.1 cm³/mol. The highest BCUT2D eigenvalue weighted by Crippen LogP contribution is 2.38. The molecule has 0 bridgehead atoms. The number of halogens is 4. The quantitative estimate of drug-likeness (QED) is 0.727. The lowest BCUT2D eigenvalue weighted by Gasteiger charge is -2.24. The number of hydrogen-bond acceptors (Lipinski definition) is 5. The molecular formula is C17H22ClF3N2O5. The number of methoxy groups -OCH3 is 2. The summed E-state index contributed by atoms with van der Waals surface area (Å²) < 4.78 is 49.6. The van der Waals surface area contributed by atoms with Gasteiger partial charge in [0.05, 0.1) is 37.8 Å². The minimum absolute atomic E-state index is 0. The van der Waals surface area contributed by atoms with Crippen molar-refractivity contribution in [3.63, 3.8) is 0 Å². The van der Waals surface area contributed by atoms with Gasteiger partial charge in [0.15, 0.2) is 0 Å². The van der Waals surface area contributed by atoms with Crippen molar-refractivity contribution in [3.05, 3.63) is 18.2 Å². The number of anilines is 1. The number of amides is 1. The van der Waals surface area contributed by atoms with Crippen molar-refractivity contribution in [2.75, 3.05) is 32.6 Å². The zero-order valence-electron chi connectivity index (χ0n) is 15.4. The van der Waals surface area contributed by atoms with Crippen molar-refractivity contribution in [2.45, 2.75) is 19.1 Å². The first kappa shape index (κ1) is 23.8. The summed E-state index contributed by atoms with van der Waals surface area (Å²) in [6, 6.07) is 3.76. The fraction of sp³-hybridized carbons (Fsp3) is 0.529. The maximum atomic E-state index is 13.1. The van der Waals surface area contributed by atoms with Gasteiger partial charge in [0.2, 0.25) is 5.91 Å². The van der Waals surface area contributed by atoms with Gasteiger partial charge in [0.25, 0.3) is 0 Å². The van der Waals surface area contributed by atoms with Crippen LogP contribution < -0.4 is 14.8 Å². The normalized spacial score (nSPS) is 20.8. The molecule has 0 aromatic heterocycles. The highest BCUT2D eigenvalue weighted by molar-refractivity contribution is 5.96. The number of nitrogens with zero attached hydrogens (tertiary/aromatic N) is 1. The third-order valence-corrected chi connectivity index (χ3v) is 4.68. The molecule has 1 aliphatic rings. The van der Waals surface area contributed by atoms with Crippen molar-refractivity contribution in [2.24, 2.45) is 11.8 Å². The summed E-state index contributed by atoms with van der Waals surface area (Å²) in [6.07, 6.45) is -4.65. The molecule has 28 heavy (non-hydrogen) atoms. The molecule has 0 radical (unpaired) electrons. The molecule has 158 valence electrons. The number of ether oxygens (including phenoxy) is 2. The summed E-state index contributed by atoms with van der Waals surface area (Å²) in [5.74, 6) is -4.91. The molecule has 1 unspecified atom stereocenters. The van der Waals surface area contributed by atoms with Crippen molar-refractivity contribution in [1.82, 2.24) is 4.90 Å². The number of aliphatic carboxylic acids is 1. The monoisotopic (exact) mass is 426 g/mol. The molecule has 1 fully saturated rings. The van der Waals surface area contributed by atoms with E-state index in [1.807, 2.05) is 0 Å². The largest absolute Gasteiger partial charge is 0.497 e. The average Bonchev–Trinajstić information content (AvgIpc) is 3.07. The van der Waals surface area contributed by atoms with Crippen LogP contribution in [0.2, 0.25) is 0 Å². The first-order valence-corrected chi connectivity index (χ1v) is 8.15. The van der Waals surface area contributed by atoms with Crippen LogP contribution in [0.1, 0.15) is 6.92 Å². The Bertz CT molecular complexity index is 717. The van der Waals surface area contributed by atoms with Crippen molar-refractivity contribution < 1.29 is 37.3 Å². The van der Waals surface area contributed by atoms with Crippen molar-refractivity contribution >= 4 is 30.0 Å². The zero-order chi connectivity index (χ0) is 20.4. The van der Waals surface area contributed by atoms with Gasteiger partial charge < -0.3 is 19.9 Å². The SMILES string of the molecule is COc1ccc(OC)c(NC(=O)C(C)N2C[C@@H](C(F)(F)F)[C@H](C(=O)O)C2)c1.Cl. The second kappa shape index (κ2) is 9.33. The Morgan fingerprint density at radius 3 is 2.36 bits per heavy atom. The van der Waals surface area contributed by atoms with E-state index >= 15 is 0 Å². The smallest absolute Gasteiger partial charge is 0.393 e. The molecular weight excluding hydrogens is 405 g/mol. The Labute approximate surface area is 166 Å². The number of benzene rings is 1. The molecule has 7 nitrogen and oxygen atoms in total. The van der Waals surface area contributed by atoms with E-state index in [2.05, 4.69) is 5.32 Å². The van der Waals surface area contributed by atoms with Crippen LogP contribution in [0.3, 0.4) is 0 Å². The van der Waals surface area contributed by atoms with E-state index in [-0.39, 0.29) is 19.0 Å². The predicted octanol–water partition coefficient (Wildman–Crippen LogP) is 2.65. The Balaban J connectivity index is 0.00000392. The van der Waals surface area contributed by atoms with Gasteiger partial charge in [0, 0.05) is 19.2 Å². The minimum atomic E-state index is -4.65. The Morgan fingerprint density at radius 2 is 1.89 bits per heavy atom. The number of carbonyl (C=O) groups is 2. The van der Waals surface area contributed by atoms with Crippen LogP contribution in [0.4, 0.5) is 18.9 Å².